The van der Waals surface area contributed by atoms with Gasteiger partial charge >= 0.3 is 0 Å². The van der Waals surface area contributed by atoms with Crippen molar-refractivity contribution in [2.24, 2.45) is 0 Å². The van der Waals surface area contributed by atoms with E-state index in [0.717, 1.165) is 24.2 Å². The average Bonchev–Trinajstić information content (AvgIpc) is 2.95. The van der Waals surface area contributed by atoms with E-state index in [2.05, 4.69) is 14.8 Å². The van der Waals surface area contributed by atoms with Gasteiger partial charge in [-0.05, 0) is 26.3 Å². The van der Waals surface area contributed by atoms with Gasteiger partial charge in [-0.3, -0.25) is 4.90 Å². The van der Waals surface area contributed by atoms with Crippen molar-refractivity contribution in [3.8, 4) is 0 Å². The Morgan fingerprint density at radius 2 is 1.81 bits per heavy atom. The van der Waals surface area contributed by atoms with E-state index in [-0.39, 0.29) is 10.9 Å². The van der Waals surface area contributed by atoms with Crippen molar-refractivity contribution in [1.82, 2.24) is 14.8 Å². The fourth-order valence-corrected chi connectivity index (χ4v) is 4.70. The fourth-order valence-electron chi connectivity index (χ4n) is 3.16. The number of ether oxygens (including phenoxy) is 1. The van der Waals surface area contributed by atoms with Crippen molar-refractivity contribution in [3.63, 3.8) is 0 Å². The van der Waals surface area contributed by atoms with E-state index in [1.54, 1.807) is 13.8 Å². The van der Waals surface area contributed by atoms with Crippen molar-refractivity contribution in [3.05, 3.63) is 46.8 Å². The Kier molecular flexibility index (Phi) is 5.76. The van der Waals surface area contributed by atoms with Crippen molar-refractivity contribution in [2.45, 2.75) is 31.7 Å². The lowest BCUT2D eigenvalue weighted by Gasteiger charge is -2.31. The quantitative estimate of drug-likeness (QED) is 0.826. The van der Waals surface area contributed by atoms with Crippen LogP contribution in [0.3, 0.4) is 0 Å². The number of nitrogens with one attached hydrogen (secondary N) is 1. The molecule has 8 heteroatoms. The van der Waals surface area contributed by atoms with Crippen molar-refractivity contribution in [2.75, 3.05) is 32.8 Å². The molecule has 0 spiro atoms. The lowest BCUT2D eigenvalue weighted by molar-refractivity contribution is 0.0345. The van der Waals surface area contributed by atoms with Gasteiger partial charge in [-0.25, -0.2) is 13.1 Å². The van der Waals surface area contributed by atoms with Gasteiger partial charge in [0.25, 0.3) is 0 Å². The predicted octanol–water partition coefficient (Wildman–Crippen LogP) is 1.95. The number of aryl methyl sites for hydroxylation is 3. The summed E-state index contributed by atoms with van der Waals surface area (Å²) in [4.78, 5) is 2.33. The summed E-state index contributed by atoms with van der Waals surface area (Å²) in [6.07, 6.45) is 0. The fraction of sp³-hybridized carbons (Fsp3) is 0.500. The van der Waals surface area contributed by atoms with Crippen molar-refractivity contribution < 1.29 is 17.7 Å². The highest BCUT2D eigenvalue weighted by Gasteiger charge is 2.29. The number of rotatable bonds is 6. The molecule has 0 bridgehead atoms. The maximum Gasteiger partial charge on any atom is 0.246 e. The summed E-state index contributed by atoms with van der Waals surface area (Å²) >= 11 is 0. The van der Waals surface area contributed by atoms with Gasteiger partial charge in [-0.1, -0.05) is 35.0 Å². The lowest BCUT2D eigenvalue weighted by atomic mass is 10.1. The molecule has 0 amide bonds. The van der Waals surface area contributed by atoms with Crippen LogP contribution in [-0.4, -0.2) is 51.3 Å². The molecule has 2 aromatic rings. The van der Waals surface area contributed by atoms with Gasteiger partial charge in [0.1, 0.15) is 10.6 Å². The molecule has 0 unspecified atom stereocenters. The third kappa shape index (κ3) is 4.32. The number of hydrogen-bond donors (Lipinski definition) is 1. The molecule has 0 saturated carbocycles. The average molecular weight is 379 g/mol. The third-order valence-corrected chi connectivity index (χ3v) is 6.27. The van der Waals surface area contributed by atoms with E-state index in [1.807, 2.05) is 31.2 Å². The highest BCUT2D eigenvalue weighted by atomic mass is 32.2. The Hall–Kier alpha value is -1.74. The summed E-state index contributed by atoms with van der Waals surface area (Å²) in [6, 6.07) is 7.55. The van der Waals surface area contributed by atoms with Gasteiger partial charge in [0, 0.05) is 19.6 Å². The first kappa shape index (κ1) is 19.0. The largest absolute Gasteiger partial charge is 0.379 e. The molecule has 0 radical (unpaired) electrons. The second-order valence-electron chi connectivity index (χ2n) is 6.65. The van der Waals surface area contributed by atoms with Gasteiger partial charge < -0.3 is 9.26 Å². The minimum atomic E-state index is -3.75. The lowest BCUT2D eigenvalue weighted by Crippen LogP contribution is -2.43. The standard InChI is InChI=1S/C18H25N3O4S/c1-13-4-6-16(7-5-13)17(12-21-8-10-24-11-9-21)20-26(22,23)18-14(2)19-25-15(18)3/h4-7,17,20H,8-12H2,1-3H3/t17-/m0/s1. The van der Waals surface area contributed by atoms with E-state index < -0.39 is 10.0 Å². The van der Waals surface area contributed by atoms with Gasteiger partial charge in [0.05, 0.1) is 19.3 Å². The molecular weight excluding hydrogens is 354 g/mol. The zero-order chi connectivity index (χ0) is 18.7. The van der Waals surface area contributed by atoms with Crippen LogP contribution in [-0.2, 0) is 14.8 Å². The molecule has 0 aliphatic carbocycles. The Labute approximate surface area is 154 Å². The Balaban J connectivity index is 1.88. The second-order valence-corrected chi connectivity index (χ2v) is 8.30. The Morgan fingerprint density at radius 3 is 2.38 bits per heavy atom. The first-order valence-corrected chi connectivity index (χ1v) is 10.2. The molecule has 1 saturated heterocycles. The monoisotopic (exact) mass is 379 g/mol. The van der Waals surface area contributed by atoms with Crippen LogP contribution >= 0.6 is 0 Å². The van der Waals surface area contributed by atoms with Crippen LogP contribution in [0.1, 0.15) is 28.6 Å². The summed E-state index contributed by atoms with van der Waals surface area (Å²) in [5.74, 6) is 0.295. The molecule has 1 N–H and O–H groups in total. The second kappa shape index (κ2) is 7.87. The number of benzene rings is 1. The van der Waals surface area contributed by atoms with E-state index in [0.29, 0.717) is 31.2 Å². The maximum atomic E-state index is 13.0. The molecule has 3 rings (SSSR count). The summed E-state index contributed by atoms with van der Waals surface area (Å²) in [7, 11) is -3.75. The molecule has 1 aromatic carbocycles. The smallest absolute Gasteiger partial charge is 0.246 e. The van der Waals surface area contributed by atoms with Crippen LogP contribution in [0.25, 0.3) is 0 Å². The van der Waals surface area contributed by atoms with E-state index in [9.17, 15) is 8.42 Å². The zero-order valence-corrected chi connectivity index (χ0v) is 16.2. The minimum Gasteiger partial charge on any atom is -0.379 e. The molecule has 2 heterocycles. The molecule has 1 aromatic heterocycles. The van der Waals surface area contributed by atoms with Crippen LogP contribution in [0.5, 0.6) is 0 Å². The van der Waals surface area contributed by atoms with Gasteiger partial charge in [0.2, 0.25) is 10.0 Å². The van der Waals surface area contributed by atoms with Gasteiger partial charge in [-0.15, -0.1) is 0 Å². The van der Waals surface area contributed by atoms with Crippen LogP contribution in [0, 0.1) is 20.8 Å². The Bertz CT molecular complexity index is 820. The topological polar surface area (TPSA) is 84.7 Å². The number of sulfonamides is 1. The Morgan fingerprint density at radius 1 is 1.15 bits per heavy atom. The first-order valence-electron chi connectivity index (χ1n) is 8.68. The molecule has 1 aliphatic rings. The zero-order valence-electron chi connectivity index (χ0n) is 15.4. The van der Waals surface area contributed by atoms with E-state index in [1.165, 1.54) is 0 Å². The predicted molar refractivity (Wildman–Crippen MR) is 97.5 cm³/mol. The highest BCUT2D eigenvalue weighted by molar-refractivity contribution is 7.89. The van der Waals surface area contributed by atoms with Gasteiger partial charge in [-0.2, -0.15) is 0 Å². The summed E-state index contributed by atoms with van der Waals surface area (Å²) in [6.45, 7) is 8.73. The first-order chi connectivity index (χ1) is 12.4. The van der Waals surface area contributed by atoms with E-state index >= 15 is 0 Å². The normalized spacial score (nSPS) is 17.3. The number of aromatic nitrogens is 1. The van der Waals surface area contributed by atoms with Crippen molar-refractivity contribution >= 4 is 10.0 Å². The van der Waals surface area contributed by atoms with Gasteiger partial charge in [0.15, 0.2) is 5.76 Å². The van der Waals surface area contributed by atoms with Crippen LogP contribution in [0.15, 0.2) is 33.7 Å². The molecular formula is C18H25N3O4S. The van der Waals surface area contributed by atoms with Crippen LogP contribution < -0.4 is 4.72 Å². The number of nitrogens with zero attached hydrogens (tertiary/aromatic N) is 2. The summed E-state index contributed by atoms with van der Waals surface area (Å²) in [5.41, 5.74) is 2.42. The van der Waals surface area contributed by atoms with Crippen LogP contribution in [0.2, 0.25) is 0 Å². The molecule has 1 aliphatic heterocycles. The summed E-state index contributed by atoms with van der Waals surface area (Å²) in [5, 5.41) is 3.77. The molecule has 7 nitrogen and oxygen atoms in total. The molecule has 1 atom stereocenters. The SMILES string of the molecule is Cc1ccc([C@H](CN2CCOCC2)NS(=O)(=O)c2c(C)noc2C)cc1. The summed E-state index contributed by atoms with van der Waals surface area (Å²) < 4.78 is 39.2. The maximum absolute atomic E-state index is 13.0. The molecule has 1 fully saturated rings. The van der Waals surface area contributed by atoms with E-state index in [4.69, 9.17) is 9.26 Å². The molecule has 26 heavy (non-hydrogen) atoms. The third-order valence-electron chi connectivity index (χ3n) is 4.56. The minimum absolute atomic E-state index is 0.122. The van der Waals surface area contributed by atoms with Crippen molar-refractivity contribution in [1.29, 1.82) is 0 Å². The highest BCUT2D eigenvalue weighted by Crippen LogP contribution is 2.23. The number of hydrogen-bond acceptors (Lipinski definition) is 6. The van der Waals surface area contributed by atoms with Crippen LogP contribution in [0.4, 0.5) is 0 Å². The molecule has 142 valence electrons. The number of morpholine rings is 1.